The zero-order chi connectivity index (χ0) is 13.0. The molecule has 0 amide bonds. The van der Waals surface area contributed by atoms with Gasteiger partial charge in [0.2, 0.25) is 0 Å². The van der Waals surface area contributed by atoms with Crippen LogP contribution >= 0.6 is 0 Å². The van der Waals surface area contributed by atoms with Gasteiger partial charge in [-0.1, -0.05) is 37.8 Å². The van der Waals surface area contributed by atoms with Crippen LogP contribution in [0, 0.1) is 17.7 Å². The molecule has 1 aromatic rings. The monoisotopic (exact) mass is 251 g/mol. The number of methoxy groups -OCH3 is 1. The molecular formula is C15H22FNO. The molecule has 1 aliphatic rings. The van der Waals surface area contributed by atoms with E-state index < -0.39 is 0 Å². The zero-order valence-corrected chi connectivity index (χ0v) is 11.0. The molecule has 1 atom stereocenters. The summed E-state index contributed by atoms with van der Waals surface area (Å²) >= 11 is 0. The average Bonchev–Trinajstić information content (AvgIpc) is 2.91. The molecule has 2 nitrogen and oxygen atoms in total. The molecule has 1 aliphatic carbocycles. The van der Waals surface area contributed by atoms with Crippen molar-refractivity contribution in [3.8, 4) is 5.75 Å². The molecule has 0 spiro atoms. The maximum Gasteiger partial charge on any atom is 0.168 e. The summed E-state index contributed by atoms with van der Waals surface area (Å²) in [5, 5.41) is 0. The predicted octanol–water partition coefficient (Wildman–Crippen LogP) is 3.14. The molecule has 0 aliphatic heterocycles. The lowest BCUT2D eigenvalue weighted by atomic mass is 9.85. The minimum absolute atomic E-state index is 0.226. The number of halogens is 1. The molecule has 1 unspecified atom stereocenters. The van der Waals surface area contributed by atoms with Gasteiger partial charge in [-0.3, -0.25) is 0 Å². The van der Waals surface area contributed by atoms with Gasteiger partial charge in [0.15, 0.2) is 11.6 Å². The molecule has 2 N–H and O–H groups in total. The van der Waals surface area contributed by atoms with Crippen LogP contribution in [0.25, 0.3) is 0 Å². The quantitative estimate of drug-likeness (QED) is 0.872. The predicted molar refractivity (Wildman–Crippen MR) is 71.2 cm³/mol. The Morgan fingerprint density at radius 3 is 2.72 bits per heavy atom. The Morgan fingerprint density at radius 1 is 1.39 bits per heavy atom. The van der Waals surface area contributed by atoms with E-state index in [1.54, 1.807) is 6.07 Å². The van der Waals surface area contributed by atoms with E-state index in [9.17, 15) is 4.39 Å². The van der Waals surface area contributed by atoms with Crippen molar-refractivity contribution in [3.63, 3.8) is 0 Å². The third-order valence-electron chi connectivity index (χ3n) is 4.11. The Bertz CT molecular complexity index is 388. The van der Waals surface area contributed by atoms with E-state index in [1.807, 2.05) is 12.1 Å². The van der Waals surface area contributed by atoms with Gasteiger partial charge in [0, 0.05) is 0 Å². The van der Waals surface area contributed by atoms with Crippen LogP contribution < -0.4 is 10.5 Å². The summed E-state index contributed by atoms with van der Waals surface area (Å²) in [6, 6.07) is 5.35. The van der Waals surface area contributed by atoms with Gasteiger partial charge in [-0.05, 0) is 36.4 Å². The number of nitrogens with two attached hydrogens (primary N) is 1. The van der Waals surface area contributed by atoms with Crippen LogP contribution in [-0.4, -0.2) is 13.7 Å². The topological polar surface area (TPSA) is 35.2 Å². The number of hydrogen-bond acceptors (Lipinski definition) is 2. The van der Waals surface area contributed by atoms with Gasteiger partial charge in [-0.25, -0.2) is 4.39 Å². The van der Waals surface area contributed by atoms with Gasteiger partial charge in [-0.15, -0.1) is 0 Å². The highest BCUT2D eigenvalue weighted by Gasteiger charge is 2.25. The van der Waals surface area contributed by atoms with Gasteiger partial charge in [0.25, 0.3) is 0 Å². The standard InChI is InChI=1S/C15H22FNO/c1-18-14-8-4-7-12(15(14)16)9-13(10-17)11-5-2-3-6-11/h4,7-8,11,13H,2-3,5-6,9-10,17H2,1H3. The van der Waals surface area contributed by atoms with E-state index in [0.29, 0.717) is 24.1 Å². The highest BCUT2D eigenvalue weighted by Crippen LogP contribution is 2.33. The van der Waals surface area contributed by atoms with Gasteiger partial charge >= 0.3 is 0 Å². The Labute approximate surface area is 108 Å². The van der Waals surface area contributed by atoms with Crippen LogP contribution in [0.5, 0.6) is 5.75 Å². The summed E-state index contributed by atoms with van der Waals surface area (Å²) in [7, 11) is 1.50. The Morgan fingerprint density at radius 2 is 2.11 bits per heavy atom. The molecule has 1 saturated carbocycles. The molecule has 0 bridgehead atoms. The highest BCUT2D eigenvalue weighted by molar-refractivity contribution is 5.31. The second kappa shape index (κ2) is 6.19. The molecule has 0 heterocycles. The van der Waals surface area contributed by atoms with Crippen molar-refractivity contribution in [2.45, 2.75) is 32.1 Å². The molecule has 0 saturated heterocycles. The summed E-state index contributed by atoms with van der Waals surface area (Å²) in [6.45, 7) is 0.640. The second-order valence-electron chi connectivity index (χ2n) is 5.18. The van der Waals surface area contributed by atoms with Crippen LogP contribution in [0.1, 0.15) is 31.2 Å². The fourth-order valence-electron chi connectivity index (χ4n) is 3.03. The van der Waals surface area contributed by atoms with E-state index in [4.69, 9.17) is 10.5 Å². The third kappa shape index (κ3) is 2.83. The summed E-state index contributed by atoms with van der Waals surface area (Å²) < 4.78 is 19.1. The lowest BCUT2D eigenvalue weighted by molar-refractivity contribution is 0.336. The summed E-state index contributed by atoms with van der Waals surface area (Å²) in [5.74, 6) is 1.17. The van der Waals surface area contributed by atoms with E-state index in [-0.39, 0.29) is 5.82 Å². The first-order valence-corrected chi connectivity index (χ1v) is 6.77. The van der Waals surface area contributed by atoms with Crippen LogP contribution in [0.15, 0.2) is 18.2 Å². The van der Waals surface area contributed by atoms with Crippen molar-refractivity contribution in [2.75, 3.05) is 13.7 Å². The van der Waals surface area contributed by atoms with Crippen molar-refractivity contribution in [2.24, 2.45) is 17.6 Å². The highest BCUT2D eigenvalue weighted by atomic mass is 19.1. The molecule has 0 radical (unpaired) electrons. The van der Waals surface area contributed by atoms with Crippen molar-refractivity contribution in [1.82, 2.24) is 0 Å². The smallest absolute Gasteiger partial charge is 0.168 e. The molecule has 3 heteroatoms. The summed E-state index contributed by atoms with van der Waals surface area (Å²) in [6.07, 6.45) is 5.80. The number of benzene rings is 1. The van der Waals surface area contributed by atoms with Crippen molar-refractivity contribution < 1.29 is 9.13 Å². The zero-order valence-electron chi connectivity index (χ0n) is 11.0. The largest absolute Gasteiger partial charge is 0.494 e. The lowest BCUT2D eigenvalue weighted by Crippen LogP contribution is -2.24. The molecule has 18 heavy (non-hydrogen) atoms. The van der Waals surface area contributed by atoms with Crippen molar-refractivity contribution >= 4 is 0 Å². The minimum atomic E-state index is -0.226. The van der Waals surface area contributed by atoms with E-state index in [0.717, 1.165) is 12.0 Å². The number of rotatable bonds is 5. The molecule has 1 fully saturated rings. The molecule has 2 rings (SSSR count). The van der Waals surface area contributed by atoms with Gasteiger partial charge < -0.3 is 10.5 Å². The number of hydrogen-bond donors (Lipinski definition) is 1. The lowest BCUT2D eigenvalue weighted by Gasteiger charge is -2.22. The number of ether oxygens (including phenoxy) is 1. The first kappa shape index (κ1) is 13.3. The SMILES string of the molecule is COc1cccc(CC(CN)C2CCCC2)c1F. The fraction of sp³-hybridized carbons (Fsp3) is 0.600. The average molecular weight is 251 g/mol. The fourth-order valence-corrected chi connectivity index (χ4v) is 3.03. The van der Waals surface area contributed by atoms with E-state index >= 15 is 0 Å². The molecular weight excluding hydrogens is 229 g/mol. The van der Waals surface area contributed by atoms with Crippen LogP contribution in [0.4, 0.5) is 4.39 Å². The molecule has 100 valence electrons. The normalized spacial score (nSPS) is 17.9. The van der Waals surface area contributed by atoms with Gasteiger partial charge in [0.05, 0.1) is 7.11 Å². The van der Waals surface area contributed by atoms with Gasteiger partial charge in [0.1, 0.15) is 0 Å². The van der Waals surface area contributed by atoms with Gasteiger partial charge in [-0.2, -0.15) is 0 Å². The second-order valence-corrected chi connectivity index (χ2v) is 5.18. The minimum Gasteiger partial charge on any atom is -0.494 e. The Kier molecular flexibility index (Phi) is 4.59. The summed E-state index contributed by atoms with van der Waals surface area (Å²) in [4.78, 5) is 0. The van der Waals surface area contributed by atoms with Crippen molar-refractivity contribution in [1.29, 1.82) is 0 Å². The first-order chi connectivity index (χ1) is 8.76. The van der Waals surface area contributed by atoms with Crippen LogP contribution in [0.2, 0.25) is 0 Å². The Balaban J connectivity index is 2.11. The third-order valence-corrected chi connectivity index (χ3v) is 4.11. The van der Waals surface area contributed by atoms with Crippen LogP contribution in [0.3, 0.4) is 0 Å². The first-order valence-electron chi connectivity index (χ1n) is 6.77. The van der Waals surface area contributed by atoms with Crippen molar-refractivity contribution in [3.05, 3.63) is 29.6 Å². The van der Waals surface area contributed by atoms with Crippen LogP contribution in [-0.2, 0) is 6.42 Å². The summed E-state index contributed by atoms with van der Waals surface area (Å²) in [5.41, 5.74) is 6.60. The maximum absolute atomic E-state index is 14.1. The molecule has 1 aromatic carbocycles. The Hall–Kier alpha value is -1.09. The maximum atomic E-state index is 14.1. The van der Waals surface area contributed by atoms with E-state index in [1.165, 1.54) is 32.8 Å². The van der Waals surface area contributed by atoms with E-state index in [2.05, 4.69) is 0 Å². The molecule has 0 aromatic heterocycles.